The highest BCUT2D eigenvalue weighted by atomic mass is 19.1. The lowest BCUT2D eigenvalue weighted by molar-refractivity contribution is -0.139. The van der Waals surface area contributed by atoms with Crippen molar-refractivity contribution in [1.82, 2.24) is 19.8 Å². The summed E-state index contributed by atoms with van der Waals surface area (Å²) in [5.41, 5.74) is 3.46. The van der Waals surface area contributed by atoms with Crippen LogP contribution in [0.1, 0.15) is 48.9 Å². The molecule has 0 spiro atoms. The number of imidazole rings is 1. The number of amides is 2. The largest absolute Gasteiger partial charge is 0.343 e. The number of alkyl halides is 1. The summed E-state index contributed by atoms with van der Waals surface area (Å²) < 4.78 is 31.2. The van der Waals surface area contributed by atoms with Crippen LogP contribution < -0.4 is 5.32 Å². The third-order valence-corrected chi connectivity index (χ3v) is 7.11. The van der Waals surface area contributed by atoms with Gasteiger partial charge in [0.05, 0.1) is 29.9 Å². The van der Waals surface area contributed by atoms with E-state index in [1.54, 1.807) is 23.0 Å². The van der Waals surface area contributed by atoms with Gasteiger partial charge in [0.25, 0.3) is 0 Å². The van der Waals surface area contributed by atoms with Gasteiger partial charge in [-0.1, -0.05) is 68.4 Å². The number of benzene rings is 3. The zero-order valence-electron chi connectivity index (χ0n) is 21.4. The first-order valence-corrected chi connectivity index (χ1v) is 12.8. The van der Waals surface area contributed by atoms with Crippen molar-refractivity contribution in [2.75, 3.05) is 6.54 Å². The van der Waals surface area contributed by atoms with Crippen molar-refractivity contribution in [3.63, 3.8) is 0 Å². The third-order valence-electron chi connectivity index (χ3n) is 7.11. The molecule has 0 bridgehead atoms. The van der Waals surface area contributed by atoms with Crippen LogP contribution in [-0.2, 0) is 16.1 Å². The van der Waals surface area contributed by atoms with E-state index in [1.807, 2.05) is 68.4 Å². The minimum absolute atomic E-state index is 0.0148. The second-order valence-electron chi connectivity index (χ2n) is 10.0. The van der Waals surface area contributed by atoms with Crippen molar-refractivity contribution in [2.24, 2.45) is 0 Å². The maximum Gasteiger partial charge on any atom is 0.243 e. The molecule has 3 unspecified atom stereocenters. The molecule has 5 rings (SSSR count). The normalized spacial score (nSPS) is 18.2. The zero-order chi connectivity index (χ0) is 26.8. The van der Waals surface area contributed by atoms with Crippen molar-refractivity contribution >= 4 is 22.8 Å². The van der Waals surface area contributed by atoms with Crippen LogP contribution >= 0.6 is 0 Å². The molecular weight excluding hydrogens is 486 g/mol. The van der Waals surface area contributed by atoms with E-state index in [0.717, 1.165) is 16.6 Å². The Morgan fingerprint density at radius 1 is 1.03 bits per heavy atom. The van der Waals surface area contributed by atoms with E-state index in [-0.39, 0.29) is 37.2 Å². The molecule has 1 aliphatic rings. The fourth-order valence-corrected chi connectivity index (χ4v) is 5.12. The van der Waals surface area contributed by atoms with E-state index in [2.05, 4.69) is 10.3 Å². The minimum atomic E-state index is -1.31. The maximum absolute atomic E-state index is 14.9. The number of nitrogens with one attached hydrogen (secondary N) is 1. The van der Waals surface area contributed by atoms with Gasteiger partial charge in [0.15, 0.2) is 0 Å². The monoisotopic (exact) mass is 516 g/mol. The molecule has 4 aromatic rings. The Morgan fingerprint density at radius 2 is 1.76 bits per heavy atom. The Balaban J connectivity index is 1.39. The van der Waals surface area contributed by atoms with E-state index in [4.69, 9.17) is 0 Å². The van der Waals surface area contributed by atoms with Crippen LogP contribution in [0.15, 0.2) is 79.1 Å². The summed E-state index contributed by atoms with van der Waals surface area (Å²) >= 11 is 0. The van der Waals surface area contributed by atoms with Crippen molar-refractivity contribution in [3.8, 4) is 0 Å². The molecule has 0 radical (unpaired) electrons. The molecule has 38 heavy (non-hydrogen) atoms. The first-order chi connectivity index (χ1) is 18.3. The van der Waals surface area contributed by atoms with Gasteiger partial charge in [-0.3, -0.25) is 9.59 Å². The van der Waals surface area contributed by atoms with Crippen LogP contribution in [-0.4, -0.2) is 45.0 Å². The van der Waals surface area contributed by atoms with Crippen LogP contribution in [0.3, 0.4) is 0 Å². The van der Waals surface area contributed by atoms with Crippen molar-refractivity contribution in [3.05, 3.63) is 102 Å². The Kier molecular flexibility index (Phi) is 7.22. The topological polar surface area (TPSA) is 67.2 Å². The second-order valence-corrected chi connectivity index (χ2v) is 10.0. The van der Waals surface area contributed by atoms with Gasteiger partial charge in [0.2, 0.25) is 11.8 Å². The highest BCUT2D eigenvalue weighted by molar-refractivity contribution is 5.89. The van der Waals surface area contributed by atoms with Gasteiger partial charge in [-0.05, 0) is 40.8 Å². The molecule has 0 aliphatic carbocycles. The third kappa shape index (κ3) is 5.16. The Labute approximate surface area is 220 Å². The number of nitrogens with zero attached hydrogens (tertiary/aromatic N) is 3. The Hall–Kier alpha value is -4.07. The number of hydrogen-bond donors (Lipinski definition) is 1. The van der Waals surface area contributed by atoms with Crippen molar-refractivity contribution in [1.29, 1.82) is 0 Å². The molecule has 3 aromatic carbocycles. The van der Waals surface area contributed by atoms with Crippen LogP contribution in [0.25, 0.3) is 11.0 Å². The van der Waals surface area contributed by atoms with E-state index < -0.39 is 24.2 Å². The lowest BCUT2D eigenvalue weighted by Crippen LogP contribution is -2.47. The van der Waals surface area contributed by atoms with E-state index >= 15 is 0 Å². The number of fused-ring (bicyclic) bond motifs is 1. The number of para-hydroxylation sites is 2. The fraction of sp³-hybridized carbons (Fsp3) is 0.300. The summed E-state index contributed by atoms with van der Waals surface area (Å²) in [5, 5.41) is 2.98. The predicted octanol–water partition coefficient (Wildman–Crippen LogP) is 5.14. The van der Waals surface area contributed by atoms with E-state index in [0.29, 0.717) is 11.1 Å². The summed E-state index contributed by atoms with van der Waals surface area (Å²) in [6.45, 7) is 3.62. The summed E-state index contributed by atoms with van der Waals surface area (Å²) in [7, 11) is 0. The SMILES string of the molecule is CC(C)c1ccc(C(NC(=O)C2CC(F)CN2C(=O)Cn2cnc3ccccc32)c2ccccc2)cc1F. The van der Waals surface area contributed by atoms with Gasteiger partial charge in [-0.2, -0.15) is 0 Å². The Morgan fingerprint density at radius 3 is 2.50 bits per heavy atom. The van der Waals surface area contributed by atoms with Gasteiger partial charge >= 0.3 is 0 Å². The predicted molar refractivity (Wildman–Crippen MR) is 142 cm³/mol. The van der Waals surface area contributed by atoms with E-state index in [9.17, 15) is 18.4 Å². The molecule has 3 atom stereocenters. The number of hydrogen-bond acceptors (Lipinski definition) is 3. The average molecular weight is 517 g/mol. The number of rotatable bonds is 7. The summed E-state index contributed by atoms with van der Waals surface area (Å²) in [4.78, 5) is 32.4. The highest BCUT2D eigenvalue weighted by Gasteiger charge is 2.40. The molecule has 2 heterocycles. The van der Waals surface area contributed by atoms with Gasteiger partial charge in [-0.15, -0.1) is 0 Å². The van der Waals surface area contributed by atoms with E-state index in [1.165, 1.54) is 11.0 Å². The van der Waals surface area contributed by atoms with Gasteiger partial charge in [0.1, 0.15) is 24.6 Å². The smallest absolute Gasteiger partial charge is 0.243 e. The summed E-state index contributed by atoms with van der Waals surface area (Å²) in [5.74, 6) is -1.17. The highest BCUT2D eigenvalue weighted by Crippen LogP contribution is 2.28. The minimum Gasteiger partial charge on any atom is -0.343 e. The number of carbonyl (C=O) groups is 2. The summed E-state index contributed by atoms with van der Waals surface area (Å²) in [6.07, 6.45) is 0.165. The molecule has 1 fully saturated rings. The lowest BCUT2D eigenvalue weighted by Gasteiger charge is -2.27. The van der Waals surface area contributed by atoms with Crippen LogP contribution in [0.2, 0.25) is 0 Å². The molecular formula is C30H30F2N4O2. The van der Waals surface area contributed by atoms with Crippen LogP contribution in [0.5, 0.6) is 0 Å². The molecule has 196 valence electrons. The van der Waals surface area contributed by atoms with Crippen LogP contribution in [0, 0.1) is 5.82 Å². The zero-order valence-corrected chi connectivity index (χ0v) is 21.4. The van der Waals surface area contributed by atoms with Gasteiger partial charge < -0.3 is 14.8 Å². The number of aromatic nitrogens is 2. The second kappa shape index (κ2) is 10.7. The molecule has 2 amide bonds. The fourth-order valence-electron chi connectivity index (χ4n) is 5.12. The van der Waals surface area contributed by atoms with Gasteiger partial charge in [0, 0.05) is 6.42 Å². The first kappa shape index (κ1) is 25.6. The molecule has 1 aliphatic heterocycles. The molecule has 0 saturated carbocycles. The first-order valence-electron chi connectivity index (χ1n) is 12.8. The lowest BCUT2D eigenvalue weighted by atomic mass is 9.94. The summed E-state index contributed by atoms with van der Waals surface area (Å²) in [6, 6.07) is 20.0. The molecule has 1 aromatic heterocycles. The van der Waals surface area contributed by atoms with Crippen molar-refractivity contribution in [2.45, 2.75) is 51.0 Å². The molecule has 1 saturated heterocycles. The number of halogens is 2. The van der Waals surface area contributed by atoms with Crippen molar-refractivity contribution < 1.29 is 18.4 Å². The maximum atomic E-state index is 14.9. The molecule has 1 N–H and O–H groups in total. The van der Waals surface area contributed by atoms with Gasteiger partial charge in [-0.25, -0.2) is 13.8 Å². The Bertz CT molecular complexity index is 1450. The average Bonchev–Trinajstić information content (AvgIpc) is 3.51. The standard InChI is InChI=1S/C30H30F2N4O2/c1-19(2)23-13-12-21(14-24(23)32)29(20-8-4-3-5-9-20)34-30(38)27-15-22(31)16-36(27)28(37)17-35-18-33-25-10-6-7-11-26(25)35/h3-14,18-19,22,27,29H,15-17H2,1-2H3,(H,34,38). The molecule has 6 nitrogen and oxygen atoms in total. The van der Waals surface area contributed by atoms with Crippen LogP contribution in [0.4, 0.5) is 8.78 Å². The molecule has 8 heteroatoms. The number of carbonyl (C=O) groups excluding carboxylic acids is 2. The number of likely N-dealkylation sites (tertiary alicyclic amines) is 1. The quantitative estimate of drug-likeness (QED) is 0.370.